The zero-order valence-electron chi connectivity index (χ0n) is 12.2. The Bertz CT molecular complexity index is 499. The van der Waals surface area contributed by atoms with Crippen molar-refractivity contribution in [1.82, 2.24) is 5.32 Å². The van der Waals surface area contributed by atoms with Crippen molar-refractivity contribution in [1.29, 1.82) is 5.26 Å². The number of rotatable bonds is 4. The van der Waals surface area contributed by atoms with Gasteiger partial charge < -0.3 is 10.4 Å². The summed E-state index contributed by atoms with van der Waals surface area (Å²) in [6, 6.07) is 11.2. The second-order valence-electron chi connectivity index (χ2n) is 5.73. The highest BCUT2D eigenvalue weighted by Gasteiger charge is 2.39. The molecule has 1 aliphatic rings. The van der Waals surface area contributed by atoms with Gasteiger partial charge >= 0.3 is 0 Å². The maximum Gasteiger partial charge on any atom is 0.241 e. The average Bonchev–Trinajstić information content (AvgIpc) is 2.79. The molecule has 0 unspecified atom stereocenters. The largest absolute Gasteiger partial charge is 0.394 e. The van der Waals surface area contributed by atoms with Crippen LogP contribution in [0.5, 0.6) is 0 Å². The number of amides is 1. The fourth-order valence-corrected chi connectivity index (χ4v) is 2.94. The van der Waals surface area contributed by atoms with Crippen molar-refractivity contribution < 1.29 is 9.90 Å². The van der Waals surface area contributed by atoms with Gasteiger partial charge in [0.2, 0.25) is 5.91 Å². The zero-order chi connectivity index (χ0) is 15.1. The Balaban J connectivity index is 2.13. The van der Waals surface area contributed by atoms with Crippen LogP contribution in [0.4, 0.5) is 0 Å². The maximum atomic E-state index is 12.6. The molecule has 0 bridgehead atoms. The molecule has 0 heterocycles. The first kappa shape index (κ1) is 15.5. The lowest BCUT2D eigenvalue weighted by Gasteiger charge is -2.27. The van der Waals surface area contributed by atoms with Gasteiger partial charge in [-0.05, 0) is 18.4 Å². The molecule has 1 atom stereocenters. The smallest absolute Gasteiger partial charge is 0.241 e. The summed E-state index contributed by atoms with van der Waals surface area (Å²) in [5.41, 5.74) is -0.0753. The van der Waals surface area contributed by atoms with Gasteiger partial charge in [-0.15, -0.1) is 0 Å². The third kappa shape index (κ3) is 3.62. The molecule has 1 saturated carbocycles. The van der Waals surface area contributed by atoms with Crippen LogP contribution in [-0.2, 0) is 4.79 Å². The molecule has 1 fully saturated rings. The summed E-state index contributed by atoms with van der Waals surface area (Å²) in [7, 11) is 0. The number of hydrogen-bond donors (Lipinski definition) is 2. The Morgan fingerprint density at radius 2 is 1.86 bits per heavy atom. The highest BCUT2D eigenvalue weighted by Crippen LogP contribution is 2.35. The van der Waals surface area contributed by atoms with Gasteiger partial charge in [0, 0.05) is 0 Å². The topological polar surface area (TPSA) is 73.1 Å². The maximum absolute atomic E-state index is 12.6. The third-order valence-corrected chi connectivity index (χ3v) is 4.30. The number of carbonyl (C=O) groups excluding carboxylic acids is 1. The van der Waals surface area contributed by atoms with Crippen LogP contribution >= 0.6 is 0 Å². The molecule has 2 N–H and O–H groups in total. The van der Waals surface area contributed by atoms with Crippen LogP contribution in [0.2, 0.25) is 0 Å². The molecule has 4 heteroatoms. The number of nitrogens with zero attached hydrogens (tertiary/aromatic N) is 1. The number of aliphatic hydroxyl groups is 1. The van der Waals surface area contributed by atoms with Crippen LogP contribution < -0.4 is 5.32 Å². The Labute approximate surface area is 125 Å². The van der Waals surface area contributed by atoms with E-state index < -0.39 is 11.5 Å². The van der Waals surface area contributed by atoms with E-state index in [4.69, 9.17) is 0 Å². The summed E-state index contributed by atoms with van der Waals surface area (Å²) in [6.07, 6.45) is 5.22. The van der Waals surface area contributed by atoms with Crippen molar-refractivity contribution in [3.05, 3.63) is 35.9 Å². The molecule has 0 aromatic heterocycles. The lowest BCUT2D eigenvalue weighted by molar-refractivity contribution is -0.130. The van der Waals surface area contributed by atoms with Crippen molar-refractivity contribution in [2.75, 3.05) is 6.61 Å². The molecule has 1 aromatic carbocycles. The molecular formula is C17H22N2O2. The molecule has 1 aliphatic carbocycles. The van der Waals surface area contributed by atoms with Crippen molar-refractivity contribution in [2.24, 2.45) is 5.41 Å². The lowest BCUT2D eigenvalue weighted by atomic mass is 9.80. The highest BCUT2D eigenvalue weighted by atomic mass is 16.3. The van der Waals surface area contributed by atoms with Gasteiger partial charge in [0.25, 0.3) is 0 Å². The summed E-state index contributed by atoms with van der Waals surface area (Å²) >= 11 is 0. The van der Waals surface area contributed by atoms with E-state index >= 15 is 0 Å². The first-order valence-electron chi connectivity index (χ1n) is 7.60. The van der Waals surface area contributed by atoms with Crippen molar-refractivity contribution >= 4 is 5.91 Å². The second-order valence-corrected chi connectivity index (χ2v) is 5.73. The highest BCUT2D eigenvalue weighted by molar-refractivity contribution is 5.85. The first-order valence-corrected chi connectivity index (χ1v) is 7.60. The number of nitrogens with one attached hydrogen (secondary N) is 1. The summed E-state index contributed by atoms with van der Waals surface area (Å²) < 4.78 is 0. The number of aliphatic hydroxyl groups excluding tert-OH is 1. The normalized spacial score (nSPS) is 19.0. The van der Waals surface area contributed by atoms with Crippen LogP contribution in [0, 0.1) is 16.7 Å². The number of hydrogen-bond acceptors (Lipinski definition) is 3. The first-order chi connectivity index (χ1) is 10.2. The van der Waals surface area contributed by atoms with Gasteiger partial charge in [-0.25, -0.2) is 0 Å². The SMILES string of the molecule is N#CC1(C(=O)N[C@H](CO)c2ccccc2)CCCCCC1. The minimum Gasteiger partial charge on any atom is -0.394 e. The van der Waals surface area contributed by atoms with Crippen molar-refractivity contribution in [2.45, 2.75) is 44.6 Å². The quantitative estimate of drug-likeness (QED) is 0.836. The Morgan fingerprint density at radius 1 is 1.24 bits per heavy atom. The van der Waals surface area contributed by atoms with Gasteiger partial charge in [0.05, 0.1) is 18.7 Å². The van der Waals surface area contributed by atoms with E-state index in [2.05, 4.69) is 11.4 Å². The van der Waals surface area contributed by atoms with Crippen LogP contribution in [0.3, 0.4) is 0 Å². The Kier molecular flexibility index (Phi) is 5.35. The number of benzene rings is 1. The fourth-order valence-electron chi connectivity index (χ4n) is 2.94. The molecule has 21 heavy (non-hydrogen) atoms. The minimum absolute atomic E-state index is 0.169. The van der Waals surface area contributed by atoms with Gasteiger partial charge in [-0.1, -0.05) is 56.0 Å². The van der Waals surface area contributed by atoms with Gasteiger partial charge in [-0.3, -0.25) is 4.79 Å². The number of carbonyl (C=O) groups is 1. The molecule has 0 aliphatic heterocycles. The summed E-state index contributed by atoms with van der Waals surface area (Å²) in [5, 5.41) is 21.9. The van der Waals surface area contributed by atoms with Crippen LogP contribution in [0.15, 0.2) is 30.3 Å². The van der Waals surface area contributed by atoms with Crippen LogP contribution in [0.1, 0.15) is 50.1 Å². The predicted octanol–water partition coefficient (Wildman–Crippen LogP) is 2.70. The van der Waals surface area contributed by atoms with Crippen molar-refractivity contribution in [3.63, 3.8) is 0 Å². The standard InChI is InChI=1S/C17H22N2O2/c18-13-17(10-6-1-2-7-11-17)16(21)19-15(12-20)14-8-4-3-5-9-14/h3-5,8-9,15,20H,1-2,6-7,10-12H2,(H,19,21)/t15-/m1/s1. The molecule has 1 aromatic rings. The average molecular weight is 286 g/mol. The fraction of sp³-hybridized carbons (Fsp3) is 0.529. The van der Waals surface area contributed by atoms with E-state index in [1.807, 2.05) is 30.3 Å². The van der Waals surface area contributed by atoms with Crippen molar-refractivity contribution in [3.8, 4) is 6.07 Å². The molecule has 0 radical (unpaired) electrons. The predicted molar refractivity (Wildman–Crippen MR) is 80.2 cm³/mol. The van der Waals surface area contributed by atoms with E-state index in [-0.39, 0.29) is 12.5 Å². The Morgan fingerprint density at radius 3 is 2.38 bits per heavy atom. The molecule has 112 valence electrons. The summed E-state index contributed by atoms with van der Waals surface area (Å²) in [6.45, 7) is -0.169. The molecule has 1 amide bonds. The van der Waals surface area contributed by atoms with E-state index in [1.54, 1.807) is 0 Å². The van der Waals surface area contributed by atoms with E-state index in [1.165, 1.54) is 0 Å². The third-order valence-electron chi connectivity index (χ3n) is 4.30. The molecule has 4 nitrogen and oxygen atoms in total. The van der Waals surface area contributed by atoms with Crippen LogP contribution in [0.25, 0.3) is 0 Å². The van der Waals surface area contributed by atoms with E-state index in [0.717, 1.165) is 31.2 Å². The monoisotopic (exact) mass is 286 g/mol. The van der Waals surface area contributed by atoms with Gasteiger partial charge in [0.1, 0.15) is 5.41 Å². The lowest BCUT2D eigenvalue weighted by Crippen LogP contribution is -2.42. The molecule has 0 saturated heterocycles. The van der Waals surface area contributed by atoms with E-state index in [9.17, 15) is 15.2 Å². The Hall–Kier alpha value is -1.86. The second kappa shape index (κ2) is 7.24. The summed E-state index contributed by atoms with van der Waals surface area (Å²) in [4.78, 5) is 12.6. The zero-order valence-corrected chi connectivity index (χ0v) is 12.2. The summed E-state index contributed by atoms with van der Waals surface area (Å²) in [5.74, 6) is -0.241. The van der Waals surface area contributed by atoms with Gasteiger partial charge in [-0.2, -0.15) is 5.26 Å². The van der Waals surface area contributed by atoms with E-state index in [0.29, 0.717) is 12.8 Å². The van der Waals surface area contributed by atoms with Gasteiger partial charge in [0.15, 0.2) is 0 Å². The molecule has 0 spiro atoms. The minimum atomic E-state index is -0.932. The van der Waals surface area contributed by atoms with Crippen LogP contribution in [-0.4, -0.2) is 17.6 Å². The molecular weight excluding hydrogens is 264 g/mol. The molecule has 2 rings (SSSR count). The number of nitriles is 1.